The zero-order valence-corrected chi connectivity index (χ0v) is 23.7. The lowest BCUT2D eigenvalue weighted by molar-refractivity contribution is 0.0904. The van der Waals surface area contributed by atoms with Gasteiger partial charge in [0.25, 0.3) is 11.8 Å². The van der Waals surface area contributed by atoms with Crippen molar-refractivity contribution in [3.8, 4) is 0 Å². The van der Waals surface area contributed by atoms with Crippen molar-refractivity contribution in [1.29, 1.82) is 0 Å². The molecule has 0 saturated carbocycles. The van der Waals surface area contributed by atoms with Gasteiger partial charge < -0.3 is 30.3 Å². The van der Waals surface area contributed by atoms with Crippen LogP contribution in [0.25, 0.3) is 5.52 Å². The van der Waals surface area contributed by atoms with E-state index in [1.807, 2.05) is 63.2 Å². The number of nitrogens with one attached hydrogen (secondary N) is 3. The summed E-state index contributed by atoms with van der Waals surface area (Å²) in [6.45, 7) is 9.10. The molecular formula is C30H35N7O4. The highest BCUT2D eigenvalue weighted by Crippen LogP contribution is 2.29. The van der Waals surface area contributed by atoms with Gasteiger partial charge in [0.2, 0.25) is 0 Å². The number of fused-ring (bicyclic) bond motifs is 1. The van der Waals surface area contributed by atoms with E-state index in [9.17, 15) is 9.59 Å². The molecule has 0 radical (unpaired) electrons. The van der Waals surface area contributed by atoms with E-state index in [2.05, 4.69) is 30.9 Å². The van der Waals surface area contributed by atoms with E-state index in [1.54, 1.807) is 17.8 Å². The summed E-state index contributed by atoms with van der Waals surface area (Å²) >= 11 is 0. The summed E-state index contributed by atoms with van der Waals surface area (Å²) < 4.78 is 12.2. The minimum atomic E-state index is -0.206. The van der Waals surface area contributed by atoms with Gasteiger partial charge in [-0.15, -0.1) is 0 Å². The van der Waals surface area contributed by atoms with Crippen molar-refractivity contribution in [1.82, 2.24) is 19.9 Å². The van der Waals surface area contributed by atoms with Gasteiger partial charge >= 0.3 is 0 Å². The van der Waals surface area contributed by atoms with Crippen molar-refractivity contribution in [2.75, 3.05) is 55.6 Å². The number of rotatable bonds is 9. The van der Waals surface area contributed by atoms with Crippen molar-refractivity contribution >= 4 is 40.2 Å². The van der Waals surface area contributed by atoms with Gasteiger partial charge in [0.1, 0.15) is 11.8 Å². The number of methoxy groups -OCH3 is 1. The highest BCUT2D eigenvalue weighted by Gasteiger charge is 2.20. The number of carbonyl (C=O) groups excluding carboxylic acids is 2. The van der Waals surface area contributed by atoms with E-state index >= 15 is 0 Å². The SMILES string of the molecule is COCC(C)NC(=O)c1cn2ncnc(Nc3cc(NC(=O)c4cccc(N5CCOCC5)c4)ccc3C)c2c1C. The highest BCUT2D eigenvalue weighted by molar-refractivity contribution is 6.05. The molecule has 3 N–H and O–H groups in total. The zero-order chi connectivity index (χ0) is 28.9. The molecule has 11 nitrogen and oxygen atoms in total. The Balaban J connectivity index is 1.35. The van der Waals surface area contributed by atoms with Gasteiger partial charge in [-0.2, -0.15) is 5.10 Å². The number of benzene rings is 2. The number of aromatic nitrogens is 3. The fourth-order valence-electron chi connectivity index (χ4n) is 4.90. The summed E-state index contributed by atoms with van der Waals surface area (Å²) in [7, 11) is 1.60. The summed E-state index contributed by atoms with van der Waals surface area (Å²) in [5.74, 6) is 0.147. The quantitative estimate of drug-likeness (QED) is 0.283. The monoisotopic (exact) mass is 557 g/mol. The Bertz CT molecular complexity index is 1560. The molecule has 41 heavy (non-hydrogen) atoms. The minimum absolute atomic E-state index is 0.138. The van der Waals surface area contributed by atoms with Gasteiger partial charge in [0.15, 0.2) is 5.82 Å². The Morgan fingerprint density at radius 1 is 1.10 bits per heavy atom. The maximum atomic E-state index is 13.2. The average Bonchev–Trinajstić information content (AvgIpc) is 3.32. The lowest BCUT2D eigenvalue weighted by Crippen LogP contribution is -2.36. The molecule has 2 aromatic heterocycles. The Kier molecular flexibility index (Phi) is 8.46. The second kappa shape index (κ2) is 12.4. The molecule has 2 aromatic carbocycles. The number of hydrogen-bond donors (Lipinski definition) is 3. The van der Waals surface area contributed by atoms with E-state index in [-0.39, 0.29) is 17.9 Å². The van der Waals surface area contributed by atoms with E-state index in [1.165, 1.54) is 6.33 Å². The Labute approximate surface area is 238 Å². The maximum Gasteiger partial charge on any atom is 0.255 e. The van der Waals surface area contributed by atoms with Crippen molar-refractivity contribution in [2.24, 2.45) is 0 Å². The fraction of sp³-hybridized carbons (Fsp3) is 0.333. The molecule has 214 valence electrons. The minimum Gasteiger partial charge on any atom is -0.383 e. The third-order valence-electron chi connectivity index (χ3n) is 7.10. The standard InChI is InChI=1S/C30H35N7O4/c1-19-8-9-23(34-29(38)22-6-5-7-24(14-22)36-10-12-41-13-11-36)15-26(19)35-28-27-21(3)25(16-37(27)32-18-31-28)30(39)33-20(2)17-40-4/h5-9,14-16,18,20H,10-13,17H2,1-4H3,(H,33,39)(H,34,38)(H,31,32,35). The third kappa shape index (κ3) is 6.31. The highest BCUT2D eigenvalue weighted by atomic mass is 16.5. The van der Waals surface area contributed by atoms with Crippen LogP contribution in [0.3, 0.4) is 0 Å². The van der Waals surface area contributed by atoms with Crippen molar-refractivity contribution < 1.29 is 19.1 Å². The van der Waals surface area contributed by atoms with Crippen LogP contribution in [0.15, 0.2) is 55.0 Å². The topological polar surface area (TPSA) is 122 Å². The van der Waals surface area contributed by atoms with E-state index < -0.39 is 0 Å². The van der Waals surface area contributed by atoms with Crippen LogP contribution < -0.4 is 20.9 Å². The average molecular weight is 558 g/mol. The molecule has 1 atom stereocenters. The second-order valence-corrected chi connectivity index (χ2v) is 10.2. The van der Waals surface area contributed by atoms with Gasteiger partial charge in [0, 0.05) is 55.1 Å². The van der Waals surface area contributed by atoms with Crippen molar-refractivity contribution in [3.63, 3.8) is 0 Å². The number of ether oxygens (including phenoxy) is 2. The summed E-state index contributed by atoms with van der Waals surface area (Å²) in [6, 6.07) is 13.2. The molecule has 11 heteroatoms. The van der Waals surface area contributed by atoms with Crippen LogP contribution >= 0.6 is 0 Å². The number of aryl methyl sites for hydroxylation is 2. The van der Waals surface area contributed by atoms with Crippen molar-refractivity contribution in [3.05, 3.63) is 77.2 Å². The van der Waals surface area contributed by atoms with Gasteiger partial charge in [-0.05, 0) is 62.2 Å². The smallest absolute Gasteiger partial charge is 0.255 e. The van der Waals surface area contributed by atoms with Crippen LogP contribution in [0.5, 0.6) is 0 Å². The Morgan fingerprint density at radius 2 is 1.90 bits per heavy atom. The van der Waals surface area contributed by atoms with E-state index in [0.29, 0.717) is 48.0 Å². The predicted molar refractivity (Wildman–Crippen MR) is 158 cm³/mol. The third-order valence-corrected chi connectivity index (χ3v) is 7.10. The van der Waals surface area contributed by atoms with Crippen LogP contribution in [0.2, 0.25) is 0 Å². The van der Waals surface area contributed by atoms with Crippen LogP contribution in [0, 0.1) is 13.8 Å². The largest absolute Gasteiger partial charge is 0.383 e. The molecule has 1 fully saturated rings. The van der Waals surface area contributed by atoms with Gasteiger partial charge in [0.05, 0.1) is 25.4 Å². The first kappa shape index (κ1) is 28.1. The molecule has 0 aliphatic carbocycles. The lowest BCUT2D eigenvalue weighted by atomic mass is 10.1. The number of amides is 2. The maximum absolute atomic E-state index is 13.2. The van der Waals surface area contributed by atoms with Crippen LogP contribution in [-0.4, -0.2) is 72.5 Å². The molecule has 2 amide bonds. The summed E-state index contributed by atoms with van der Waals surface area (Å²) in [5.41, 5.74) is 5.90. The lowest BCUT2D eigenvalue weighted by Gasteiger charge is -2.29. The second-order valence-electron chi connectivity index (χ2n) is 10.2. The first-order valence-electron chi connectivity index (χ1n) is 13.6. The van der Waals surface area contributed by atoms with Gasteiger partial charge in [-0.1, -0.05) is 12.1 Å². The molecule has 0 bridgehead atoms. The van der Waals surface area contributed by atoms with E-state index in [4.69, 9.17) is 9.47 Å². The summed E-state index contributed by atoms with van der Waals surface area (Å²) in [4.78, 5) is 32.8. The van der Waals surface area contributed by atoms with Crippen LogP contribution in [0.1, 0.15) is 38.8 Å². The molecule has 1 aliphatic heterocycles. The normalized spacial score (nSPS) is 14.1. The van der Waals surface area contributed by atoms with Crippen LogP contribution in [0.4, 0.5) is 22.9 Å². The fourth-order valence-corrected chi connectivity index (χ4v) is 4.90. The molecule has 1 unspecified atom stereocenters. The Hall–Kier alpha value is -4.48. The Morgan fingerprint density at radius 3 is 2.68 bits per heavy atom. The number of carbonyl (C=O) groups is 2. The molecule has 0 spiro atoms. The van der Waals surface area contributed by atoms with E-state index in [0.717, 1.165) is 35.6 Å². The molecule has 4 aromatic rings. The first-order valence-corrected chi connectivity index (χ1v) is 13.6. The first-order chi connectivity index (χ1) is 19.8. The summed E-state index contributed by atoms with van der Waals surface area (Å²) in [5, 5.41) is 13.7. The number of nitrogens with zero attached hydrogens (tertiary/aromatic N) is 4. The van der Waals surface area contributed by atoms with Gasteiger partial charge in [-0.25, -0.2) is 9.50 Å². The summed E-state index contributed by atoms with van der Waals surface area (Å²) in [6.07, 6.45) is 3.13. The molecular weight excluding hydrogens is 522 g/mol. The zero-order valence-electron chi connectivity index (χ0n) is 23.7. The number of morpholine rings is 1. The molecule has 1 aliphatic rings. The van der Waals surface area contributed by atoms with Crippen molar-refractivity contribution in [2.45, 2.75) is 26.8 Å². The molecule has 5 rings (SSSR count). The van der Waals surface area contributed by atoms with Crippen LogP contribution in [-0.2, 0) is 9.47 Å². The number of hydrogen-bond acceptors (Lipinski definition) is 8. The predicted octanol–water partition coefficient (Wildman–Crippen LogP) is 3.94. The number of anilines is 4. The van der Waals surface area contributed by atoms with Gasteiger partial charge in [-0.3, -0.25) is 9.59 Å². The molecule has 1 saturated heterocycles. The molecule has 3 heterocycles.